The van der Waals surface area contributed by atoms with Gasteiger partial charge in [0.1, 0.15) is 0 Å². The van der Waals surface area contributed by atoms with Crippen LogP contribution in [-0.4, -0.2) is 5.33 Å². The van der Waals surface area contributed by atoms with Gasteiger partial charge >= 0.3 is 0 Å². The maximum Gasteiger partial charge on any atom is 0.0289 e. The van der Waals surface area contributed by atoms with Crippen molar-refractivity contribution in [3.8, 4) is 0 Å². The number of halogens is 1. The van der Waals surface area contributed by atoms with Crippen LogP contribution in [0.25, 0.3) is 17.2 Å². The maximum absolute atomic E-state index is 4.28. The van der Waals surface area contributed by atoms with E-state index in [4.69, 9.17) is 0 Å². The largest absolute Gasteiger partial charge is 0.0905 e. The van der Waals surface area contributed by atoms with Gasteiger partial charge in [-0.2, -0.15) is 0 Å². The molecule has 0 bridgehead atoms. The number of allylic oxidation sites excluding steroid dienone is 1. The fourth-order valence-corrected chi connectivity index (χ4v) is 2.91. The predicted molar refractivity (Wildman–Crippen MR) is 82.7 cm³/mol. The van der Waals surface area contributed by atoms with Gasteiger partial charge in [0, 0.05) is 5.33 Å². The standard InChI is InChI=1S/C17H13Br/c1-12-15-7-3-2-6-13(15)10-14(11-18)17-9-5-4-8-16(12)17/h2-10H,1,11H2. The lowest BCUT2D eigenvalue weighted by molar-refractivity contribution is 1.52. The summed E-state index contributed by atoms with van der Waals surface area (Å²) in [5.74, 6) is 0. The van der Waals surface area contributed by atoms with E-state index in [9.17, 15) is 0 Å². The van der Waals surface area contributed by atoms with Crippen LogP contribution in [0.1, 0.15) is 22.3 Å². The van der Waals surface area contributed by atoms with Crippen LogP contribution in [0.15, 0.2) is 55.1 Å². The van der Waals surface area contributed by atoms with Gasteiger partial charge in [-0.1, -0.05) is 71.0 Å². The highest BCUT2D eigenvalue weighted by atomic mass is 79.9. The molecule has 0 aliphatic heterocycles. The number of fused-ring (bicyclic) bond motifs is 2. The van der Waals surface area contributed by atoms with Gasteiger partial charge in [-0.25, -0.2) is 0 Å². The van der Waals surface area contributed by atoms with Crippen LogP contribution in [0.2, 0.25) is 0 Å². The molecule has 88 valence electrons. The van der Waals surface area contributed by atoms with Gasteiger partial charge in [-0.05, 0) is 39.5 Å². The number of benzene rings is 2. The van der Waals surface area contributed by atoms with E-state index in [-0.39, 0.29) is 0 Å². The van der Waals surface area contributed by atoms with Crippen molar-refractivity contribution in [2.75, 3.05) is 5.33 Å². The summed E-state index contributed by atoms with van der Waals surface area (Å²) in [6, 6.07) is 16.9. The summed E-state index contributed by atoms with van der Waals surface area (Å²) in [6.07, 6.45) is 2.25. The van der Waals surface area contributed by atoms with Gasteiger partial charge in [-0.15, -0.1) is 0 Å². The first-order chi connectivity index (χ1) is 8.81. The molecule has 3 rings (SSSR count). The Morgan fingerprint density at radius 1 is 0.833 bits per heavy atom. The molecule has 0 unspecified atom stereocenters. The average molecular weight is 297 g/mol. The van der Waals surface area contributed by atoms with E-state index in [1.165, 1.54) is 27.8 Å². The second-order valence-corrected chi connectivity index (χ2v) is 4.98. The Hall–Kier alpha value is -1.60. The minimum absolute atomic E-state index is 0.853. The van der Waals surface area contributed by atoms with Crippen LogP contribution < -0.4 is 0 Å². The SMILES string of the molecule is C=C1c2ccccc2C=C(CBr)c2ccccc21. The topological polar surface area (TPSA) is 0 Å². The van der Waals surface area contributed by atoms with E-state index in [2.05, 4.69) is 77.1 Å². The molecule has 0 fully saturated rings. The van der Waals surface area contributed by atoms with E-state index in [0.29, 0.717) is 0 Å². The summed E-state index contributed by atoms with van der Waals surface area (Å²) in [4.78, 5) is 0. The summed E-state index contributed by atoms with van der Waals surface area (Å²) in [6.45, 7) is 4.28. The summed E-state index contributed by atoms with van der Waals surface area (Å²) in [5.41, 5.74) is 7.38. The van der Waals surface area contributed by atoms with Crippen molar-refractivity contribution in [1.29, 1.82) is 0 Å². The molecule has 0 nitrogen and oxygen atoms in total. The molecule has 0 N–H and O–H groups in total. The third kappa shape index (κ3) is 1.75. The molecular weight excluding hydrogens is 284 g/mol. The lowest BCUT2D eigenvalue weighted by Crippen LogP contribution is -1.91. The highest BCUT2D eigenvalue weighted by Crippen LogP contribution is 2.36. The molecule has 0 heterocycles. The van der Waals surface area contributed by atoms with Crippen LogP contribution in [-0.2, 0) is 0 Å². The maximum atomic E-state index is 4.28. The van der Waals surface area contributed by atoms with E-state index >= 15 is 0 Å². The Morgan fingerprint density at radius 3 is 2.17 bits per heavy atom. The normalized spacial score (nSPS) is 13.4. The molecule has 0 atom stereocenters. The van der Waals surface area contributed by atoms with E-state index in [1.807, 2.05) is 0 Å². The summed E-state index contributed by atoms with van der Waals surface area (Å²) < 4.78 is 0. The lowest BCUT2D eigenvalue weighted by atomic mass is 9.94. The second-order valence-electron chi connectivity index (χ2n) is 4.41. The zero-order valence-electron chi connectivity index (χ0n) is 9.99. The Morgan fingerprint density at radius 2 is 1.44 bits per heavy atom. The van der Waals surface area contributed by atoms with Gasteiger partial charge in [0.15, 0.2) is 0 Å². The Balaban J connectivity index is 2.34. The van der Waals surface area contributed by atoms with Gasteiger partial charge in [0.05, 0.1) is 0 Å². The molecule has 0 aromatic heterocycles. The van der Waals surface area contributed by atoms with Crippen molar-refractivity contribution in [2.24, 2.45) is 0 Å². The summed E-state index contributed by atoms with van der Waals surface area (Å²) in [7, 11) is 0. The quantitative estimate of drug-likeness (QED) is 0.650. The van der Waals surface area contributed by atoms with Crippen LogP contribution in [0.3, 0.4) is 0 Å². The Kier molecular flexibility index (Phi) is 2.92. The molecule has 2 aromatic rings. The zero-order valence-corrected chi connectivity index (χ0v) is 11.6. The molecule has 2 aromatic carbocycles. The Labute approximate surface area is 116 Å². The molecule has 0 spiro atoms. The minimum Gasteiger partial charge on any atom is -0.0905 e. The minimum atomic E-state index is 0.853. The van der Waals surface area contributed by atoms with E-state index in [0.717, 1.165) is 10.9 Å². The van der Waals surface area contributed by atoms with E-state index in [1.54, 1.807) is 0 Å². The van der Waals surface area contributed by atoms with Crippen LogP contribution in [0.5, 0.6) is 0 Å². The van der Waals surface area contributed by atoms with Crippen LogP contribution in [0.4, 0.5) is 0 Å². The lowest BCUT2D eigenvalue weighted by Gasteiger charge is -2.10. The van der Waals surface area contributed by atoms with Crippen LogP contribution >= 0.6 is 15.9 Å². The van der Waals surface area contributed by atoms with Gasteiger partial charge < -0.3 is 0 Å². The molecule has 18 heavy (non-hydrogen) atoms. The van der Waals surface area contributed by atoms with Crippen molar-refractivity contribution in [3.63, 3.8) is 0 Å². The molecule has 1 aliphatic carbocycles. The molecule has 1 heteroatoms. The molecule has 1 aliphatic rings. The fourth-order valence-electron chi connectivity index (χ4n) is 2.45. The molecule has 0 amide bonds. The number of hydrogen-bond acceptors (Lipinski definition) is 0. The smallest absolute Gasteiger partial charge is 0.0289 e. The van der Waals surface area contributed by atoms with Crippen molar-refractivity contribution >= 4 is 33.2 Å². The van der Waals surface area contributed by atoms with Crippen molar-refractivity contribution < 1.29 is 0 Å². The highest BCUT2D eigenvalue weighted by Gasteiger charge is 2.16. The van der Waals surface area contributed by atoms with Gasteiger partial charge in [0.25, 0.3) is 0 Å². The molecule has 0 saturated heterocycles. The van der Waals surface area contributed by atoms with Crippen molar-refractivity contribution in [3.05, 3.63) is 77.4 Å². The third-order valence-electron chi connectivity index (χ3n) is 3.36. The highest BCUT2D eigenvalue weighted by molar-refractivity contribution is 9.09. The van der Waals surface area contributed by atoms with Crippen molar-refractivity contribution in [2.45, 2.75) is 0 Å². The summed E-state index contributed by atoms with van der Waals surface area (Å²) in [5, 5.41) is 0.853. The third-order valence-corrected chi connectivity index (χ3v) is 3.96. The zero-order chi connectivity index (χ0) is 12.5. The predicted octanol–water partition coefficient (Wildman–Crippen LogP) is 5.00. The first-order valence-corrected chi connectivity index (χ1v) is 7.08. The molecule has 0 saturated carbocycles. The monoisotopic (exact) mass is 296 g/mol. The average Bonchev–Trinajstić information content (AvgIpc) is 2.55. The Bertz CT molecular complexity index is 650. The second kappa shape index (κ2) is 4.58. The van der Waals surface area contributed by atoms with Gasteiger partial charge in [0.2, 0.25) is 0 Å². The van der Waals surface area contributed by atoms with E-state index < -0.39 is 0 Å². The molecule has 0 radical (unpaired) electrons. The summed E-state index contributed by atoms with van der Waals surface area (Å²) >= 11 is 3.59. The molecular formula is C17H13Br. The van der Waals surface area contributed by atoms with Crippen molar-refractivity contribution in [1.82, 2.24) is 0 Å². The first-order valence-electron chi connectivity index (χ1n) is 5.96. The van der Waals surface area contributed by atoms with Crippen LogP contribution in [0, 0.1) is 0 Å². The fraction of sp³-hybridized carbons (Fsp3) is 0.0588. The first kappa shape index (κ1) is 11.5. The number of rotatable bonds is 1. The van der Waals surface area contributed by atoms with Gasteiger partial charge in [-0.3, -0.25) is 0 Å². The number of hydrogen-bond donors (Lipinski definition) is 0. The number of alkyl halides is 1.